The third-order valence-corrected chi connectivity index (χ3v) is 5.69. The van der Waals surface area contributed by atoms with Gasteiger partial charge in [-0.2, -0.15) is 0 Å². The van der Waals surface area contributed by atoms with Crippen molar-refractivity contribution in [3.05, 3.63) is 30.3 Å². The molecule has 118 valence electrons. The second-order valence-corrected chi connectivity index (χ2v) is 7.71. The van der Waals surface area contributed by atoms with Crippen molar-refractivity contribution < 1.29 is 9.59 Å². The summed E-state index contributed by atoms with van der Waals surface area (Å²) in [6, 6.07) is 8.79. The predicted molar refractivity (Wildman–Crippen MR) is 87.0 cm³/mol. The van der Waals surface area contributed by atoms with Gasteiger partial charge < -0.3 is 10.2 Å². The molecule has 2 amide bonds. The van der Waals surface area contributed by atoms with E-state index in [0.717, 1.165) is 12.1 Å². The van der Waals surface area contributed by atoms with E-state index in [9.17, 15) is 9.59 Å². The molecule has 3 rings (SSSR count). The van der Waals surface area contributed by atoms with Gasteiger partial charge in [0.1, 0.15) is 10.4 Å². The number of benzene rings is 1. The van der Waals surface area contributed by atoms with Crippen LogP contribution < -0.4 is 5.32 Å². The third kappa shape index (κ3) is 2.59. The molecule has 1 aromatic carbocycles. The number of halogens is 2. The molecule has 1 saturated heterocycles. The molecule has 6 heteroatoms. The van der Waals surface area contributed by atoms with E-state index in [2.05, 4.69) is 5.32 Å². The molecule has 0 aromatic heterocycles. The minimum absolute atomic E-state index is 0.122. The van der Waals surface area contributed by atoms with Gasteiger partial charge in [-0.1, -0.05) is 18.2 Å². The van der Waals surface area contributed by atoms with Crippen LogP contribution in [0.2, 0.25) is 0 Å². The van der Waals surface area contributed by atoms with Crippen molar-refractivity contribution in [3.8, 4) is 0 Å². The van der Waals surface area contributed by atoms with Crippen LogP contribution in [0.4, 0.5) is 5.69 Å². The molecule has 0 radical (unpaired) electrons. The van der Waals surface area contributed by atoms with Gasteiger partial charge in [-0.25, -0.2) is 0 Å². The zero-order valence-electron chi connectivity index (χ0n) is 12.3. The van der Waals surface area contributed by atoms with E-state index in [-0.39, 0.29) is 11.8 Å². The number of nitrogens with one attached hydrogen (secondary N) is 1. The summed E-state index contributed by atoms with van der Waals surface area (Å²) < 4.78 is -1.01. The molecule has 1 heterocycles. The molecule has 1 aliphatic heterocycles. The average Bonchev–Trinajstić information content (AvgIpc) is 2.86. The topological polar surface area (TPSA) is 49.4 Å². The Kier molecular flexibility index (Phi) is 3.86. The van der Waals surface area contributed by atoms with E-state index in [1.54, 1.807) is 11.8 Å². The number of para-hydroxylation sites is 1. The van der Waals surface area contributed by atoms with Crippen molar-refractivity contribution >= 4 is 40.7 Å². The van der Waals surface area contributed by atoms with E-state index in [4.69, 9.17) is 23.2 Å². The summed E-state index contributed by atoms with van der Waals surface area (Å²) in [5.41, 5.74) is -0.0420. The van der Waals surface area contributed by atoms with Crippen LogP contribution in [0.25, 0.3) is 0 Å². The van der Waals surface area contributed by atoms with Crippen molar-refractivity contribution in [2.45, 2.75) is 36.6 Å². The summed E-state index contributed by atoms with van der Waals surface area (Å²) in [6.07, 6.45) is 1.91. The lowest BCUT2D eigenvalue weighted by atomic mass is 10.1. The SMILES string of the molecule is C[C@@]1(C(=O)N2CCC[C@@H]2C(=O)Nc2ccccc2)CC1(Cl)Cl. The van der Waals surface area contributed by atoms with E-state index < -0.39 is 15.8 Å². The normalized spacial score (nSPS) is 29.2. The van der Waals surface area contributed by atoms with Crippen molar-refractivity contribution in [2.75, 3.05) is 11.9 Å². The van der Waals surface area contributed by atoms with Gasteiger partial charge in [-0.3, -0.25) is 9.59 Å². The first-order chi connectivity index (χ1) is 10.3. The second kappa shape index (κ2) is 5.43. The Morgan fingerprint density at radius 2 is 1.91 bits per heavy atom. The maximum Gasteiger partial charge on any atom is 0.247 e. The Bertz CT molecular complexity index is 605. The summed E-state index contributed by atoms with van der Waals surface area (Å²) in [7, 11) is 0. The lowest BCUT2D eigenvalue weighted by molar-refractivity contribution is -0.140. The lowest BCUT2D eigenvalue weighted by Gasteiger charge is -2.27. The molecule has 0 unspecified atom stereocenters. The molecule has 2 atom stereocenters. The molecule has 4 nitrogen and oxygen atoms in total. The number of anilines is 1. The van der Waals surface area contributed by atoms with Gasteiger partial charge in [0.15, 0.2) is 0 Å². The molecule has 0 spiro atoms. The highest BCUT2D eigenvalue weighted by molar-refractivity contribution is 6.53. The molecular weight excluding hydrogens is 323 g/mol. The van der Waals surface area contributed by atoms with Crippen molar-refractivity contribution in [1.29, 1.82) is 0 Å². The fourth-order valence-corrected chi connectivity index (χ4v) is 3.67. The number of nitrogens with zero attached hydrogens (tertiary/aromatic N) is 1. The average molecular weight is 341 g/mol. The monoisotopic (exact) mass is 340 g/mol. The summed E-state index contributed by atoms with van der Waals surface area (Å²) in [6.45, 7) is 2.34. The fourth-order valence-electron chi connectivity index (χ4n) is 2.98. The van der Waals surface area contributed by atoms with Crippen molar-refractivity contribution in [2.24, 2.45) is 5.41 Å². The molecular formula is C16H18Cl2N2O2. The van der Waals surface area contributed by atoms with Crippen LogP contribution in [-0.2, 0) is 9.59 Å². The maximum absolute atomic E-state index is 12.7. The van der Waals surface area contributed by atoms with Crippen LogP contribution in [0.3, 0.4) is 0 Å². The highest BCUT2D eigenvalue weighted by Gasteiger charge is 2.69. The number of hydrogen-bond donors (Lipinski definition) is 1. The molecule has 0 bridgehead atoms. The van der Waals surface area contributed by atoms with Gasteiger partial charge >= 0.3 is 0 Å². The molecule has 1 saturated carbocycles. The molecule has 1 N–H and O–H groups in total. The molecule has 22 heavy (non-hydrogen) atoms. The van der Waals surface area contributed by atoms with Crippen LogP contribution in [0.5, 0.6) is 0 Å². The third-order valence-electron chi connectivity index (χ3n) is 4.59. The van der Waals surface area contributed by atoms with Crippen LogP contribution >= 0.6 is 23.2 Å². The lowest BCUT2D eigenvalue weighted by Crippen LogP contribution is -2.46. The number of rotatable bonds is 3. The van der Waals surface area contributed by atoms with Crippen molar-refractivity contribution in [3.63, 3.8) is 0 Å². The van der Waals surface area contributed by atoms with Crippen LogP contribution in [0.1, 0.15) is 26.2 Å². The van der Waals surface area contributed by atoms with E-state index in [1.165, 1.54) is 0 Å². The Morgan fingerprint density at radius 1 is 1.27 bits per heavy atom. The Morgan fingerprint density at radius 3 is 2.50 bits per heavy atom. The minimum atomic E-state index is -1.01. The highest BCUT2D eigenvalue weighted by Crippen LogP contribution is 2.64. The summed E-state index contributed by atoms with van der Waals surface area (Å²) in [5.74, 6) is -0.278. The summed E-state index contributed by atoms with van der Waals surface area (Å²) in [5, 5.41) is 2.86. The van der Waals surface area contributed by atoms with Crippen LogP contribution in [-0.4, -0.2) is 33.6 Å². The van der Waals surface area contributed by atoms with E-state index in [1.807, 2.05) is 30.3 Å². The Labute approximate surface area is 139 Å². The van der Waals surface area contributed by atoms with Crippen LogP contribution in [0.15, 0.2) is 30.3 Å². The van der Waals surface area contributed by atoms with Gasteiger partial charge in [-0.15, -0.1) is 23.2 Å². The molecule has 2 aliphatic rings. The first kappa shape index (κ1) is 15.6. The standard InChI is InChI=1S/C16H18Cl2N2O2/c1-15(10-16(15,17)18)14(22)20-9-5-8-12(20)13(21)19-11-6-3-2-4-7-11/h2-4,6-7,12H,5,8-10H2,1H3,(H,19,21)/t12-,15+/m1/s1. The quantitative estimate of drug-likeness (QED) is 0.859. The minimum Gasteiger partial charge on any atom is -0.330 e. The maximum atomic E-state index is 12.7. The largest absolute Gasteiger partial charge is 0.330 e. The number of alkyl halides is 2. The molecule has 2 fully saturated rings. The summed E-state index contributed by atoms with van der Waals surface area (Å²) >= 11 is 12.2. The van der Waals surface area contributed by atoms with Crippen molar-refractivity contribution in [1.82, 2.24) is 4.90 Å². The van der Waals surface area contributed by atoms with Gasteiger partial charge in [0, 0.05) is 12.2 Å². The zero-order chi connectivity index (χ0) is 16.0. The smallest absolute Gasteiger partial charge is 0.247 e. The van der Waals surface area contributed by atoms with E-state index >= 15 is 0 Å². The Balaban J connectivity index is 1.71. The number of carbonyl (C=O) groups excluding carboxylic acids is 2. The summed E-state index contributed by atoms with van der Waals surface area (Å²) in [4.78, 5) is 26.8. The van der Waals surface area contributed by atoms with Gasteiger partial charge in [-0.05, 0) is 38.3 Å². The first-order valence-electron chi connectivity index (χ1n) is 7.40. The van der Waals surface area contributed by atoms with E-state index in [0.29, 0.717) is 19.4 Å². The highest BCUT2D eigenvalue weighted by atomic mass is 35.5. The number of amides is 2. The predicted octanol–water partition coefficient (Wildman–Crippen LogP) is 3.20. The molecule has 1 aliphatic carbocycles. The Hall–Kier alpha value is -1.26. The number of likely N-dealkylation sites (tertiary alicyclic amines) is 1. The first-order valence-corrected chi connectivity index (χ1v) is 8.15. The van der Waals surface area contributed by atoms with Gasteiger partial charge in [0.05, 0.1) is 5.41 Å². The van der Waals surface area contributed by atoms with Gasteiger partial charge in [0.25, 0.3) is 0 Å². The van der Waals surface area contributed by atoms with Gasteiger partial charge in [0.2, 0.25) is 11.8 Å². The number of hydrogen-bond acceptors (Lipinski definition) is 2. The fraction of sp³-hybridized carbons (Fsp3) is 0.500. The second-order valence-electron chi connectivity index (χ2n) is 6.23. The zero-order valence-corrected chi connectivity index (χ0v) is 13.8. The molecule has 1 aromatic rings. The van der Waals surface area contributed by atoms with Crippen LogP contribution in [0, 0.1) is 5.41 Å². The number of carbonyl (C=O) groups is 2.